The average molecular weight is 342 g/mol. The monoisotopic (exact) mass is 342 g/mol. The molecule has 0 radical (unpaired) electrons. The molecule has 0 bridgehead atoms. The number of hydrogen-bond acceptors (Lipinski definition) is 5. The van der Waals surface area contributed by atoms with Crippen molar-refractivity contribution in [2.75, 3.05) is 0 Å². The number of aromatic nitrogens is 1. The van der Waals surface area contributed by atoms with Gasteiger partial charge in [-0.1, -0.05) is 0 Å². The topological polar surface area (TPSA) is 76.1 Å². The summed E-state index contributed by atoms with van der Waals surface area (Å²) in [7, 11) is -3.66. The number of halogens is 1. The minimum Gasteiger partial charge on any atom is -0.350 e. The van der Waals surface area contributed by atoms with Crippen LogP contribution < -0.4 is 5.32 Å². The zero-order valence-corrected chi connectivity index (χ0v) is 13.5. The van der Waals surface area contributed by atoms with E-state index in [1.54, 1.807) is 11.6 Å². The molecule has 5 nitrogen and oxygen atoms in total. The second kappa shape index (κ2) is 6.97. The third-order valence-electron chi connectivity index (χ3n) is 3.06. The predicted octanol–water partition coefficient (Wildman–Crippen LogP) is 2.15. The Bertz CT molecular complexity index is 728. The van der Waals surface area contributed by atoms with Crippen molar-refractivity contribution in [3.63, 3.8) is 0 Å². The van der Waals surface area contributed by atoms with Crippen LogP contribution in [0.5, 0.6) is 0 Å². The maximum Gasteiger partial charge on any atom is 0.221 e. The number of thiazole rings is 1. The van der Waals surface area contributed by atoms with E-state index in [1.165, 1.54) is 30.4 Å². The van der Waals surface area contributed by atoms with Crippen LogP contribution in [0.2, 0.25) is 0 Å². The van der Waals surface area contributed by atoms with Crippen LogP contribution >= 0.6 is 11.3 Å². The van der Waals surface area contributed by atoms with Crippen LogP contribution in [-0.4, -0.2) is 24.6 Å². The number of carbonyl (C=O) groups excluding carboxylic acids is 1. The number of carbonyl (C=O) groups is 1. The Morgan fingerprint density at radius 1 is 1.36 bits per heavy atom. The Kier molecular flexibility index (Phi) is 5.25. The molecule has 1 unspecified atom stereocenters. The van der Waals surface area contributed by atoms with Gasteiger partial charge in [0.1, 0.15) is 10.8 Å². The normalized spacial score (nSPS) is 12.8. The molecular formula is C14H15FN2O3S2. The van der Waals surface area contributed by atoms with E-state index in [4.69, 9.17) is 0 Å². The smallest absolute Gasteiger partial charge is 0.221 e. The minimum absolute atomic E-state index is 0.00845. The highest BCUT2D eigenvalue weighted by molar-refractivity contribution is 7.92. The first kappa shape index (κ1) is 16.6. The Balaban J connectivity index is 1.96. The molecule has 2 rings (SSSR count). The standard InChI is InChI=1S/C14H15FN2O3S2/c1-10(8-13(18)17-9-14-16-6-7-21-14)22(19,20)12-4-2-11(15)3-5-12/h2-7,10H,8-9H2,1H3,(H,17,18). The second-order valence-electron chi connectivity index (χ2n) is 4.72. The number of nitrogens with one attached hydrogen (secondary N) is 1. The number of amides is 1. The molecule has 118 valence electrons. The van der Waals surface area contributed by atoms with Gasteiger partial charge in [-0.2, -0.15) is 0 Å². The zero-order valence-electron chi connectivity index (χ0n) is 11.8. The van der Waals surface area contributed by atoms with E-state index in [2.05, 4.69) is 10.3 Å². The van der Waals surface area contributed by atoms with Gasteiger partial charge in [0.25, 0.3) is 0 Å². The Morgan fingerprint density at radius 3 is 2.64 bits per heavy atom. The second-order valence-corrected chi connectivity index (χ2v) is 8.06. The molecule has 22 heavy (non-hydrogen) atoms. The fourth-order valence-corrected chi connectivity index (χ4v) is 3.72. The maximum atomic E-state index is 12.9. The summed E-state index contributed by atoms with van der Waals surface area (Å²) in [6.07, 6.45) is 1.47. The van der Waals surface area contributed by atoms with E-state index in [1.807, 2.05) is 0 Å². The molecule has 0 saturated heterocycles. The summed E-state index contributed by atoms with van der Waals surface area (Å²) >= 11 is 1.41. The molecule has 2 aromatic rings. The Morgan fingerprint density at radius 2 is 2.05 bits per heavy atom. The molecule has 0 saturated carbocycles. The van der Waals surface area contributed by atoms with Crippen LogP contribution in [0.25, 0.3) is 0 Å². The van der Waals surface area contributed by atoms with Gasteiger partial charge in [-0.3, -0.25) is 4.79 Å². The van der Waals surface area contributed by atoms with Gasteiger partial charge in [0.2, 0.25) is 5.91 Å². The first-order valence-corrected chi connectivity index (χ1v) is 8.96. The van der Waals surface area contributed by atoms with E-state index in [0.717, 1.165) is 17.1 Å². The highest BCUT2D eigenvalue weighted by atomic mass is 32.2. The van der Waals surface area contributed by atoms with Gasteiger partial charge >= 0.3 is 0 Å². The fourth-order valence-electron chi connectivity index (χ4n) is 1.81. The molecule has 1 atom stereocenters. The van der Waals surface area contributed by atoms with Crippen molar-refractivity contribution < 1.29 is 17.6 Å². The van der Waals surface area contributed by atoms with Crippen molar-refractivity contribution in [3.05, 3.63) is 46.7 Å². The van der Waals surface area contributed by atoms with Crippen LogP contribution in [0.1, 0.15) is 18.4 Å². The SMILES string of the molecule is CC(CC(=O)NCc1nccs1)S(=O)(=O)c1ccc(F)cc1. The highest BCUT2D eigenvalue weighted by Gasteiger charge is 2.25. The molecule has 1 N–H and O–H groups in total. The van der Waals surface area contributed by atoms with Gasteiger partial charge in [0.15, 0.2) is 9.84 Å². The molecular weight excluding hydrogens is 327 g/mol. The Labute approximate surface area is 132 Å². The van der Waals surface area contributed by atoms with E-state index in [-0.39, 0.29) is 23.8 Å². The number of benzene rings is 1. The van der Waals surface area contributed by atoms with Crippen molar-refractivity contribution in [2.45, 2.75) is 30.0 Å². The van der Waals surface area contributed by atoms with Gasteiger partial charge in [0, 0.05) is 18.0 Å². The molecule has 0 aliphatic rings. The van der Waals surface area contributed by atoms with Gasteiger partial charge in [-0.15, -0.1) is 11.3 Å². The predicted molar refractivity (Wildman–Crippen MR) is 81.6 cm³/mol. The van der Waals surface area contributed by atoms with E-state index >= 15 is 0 Å². The summed E-state index contributed by atoms with van der Waals surface area (Å²) in [5.41, 5.74) is 0. The molecule has 8 heteroatoms. The van der Waals surface area contributed by atoms with Crippen LogP contribution in [0.4, 0.5) is 4.39 Å². The fraction of sp³-hybridized carbons (Fsp3) is 0.286. The summed E-state index contributed by atoms with van der Waals surface area (Å²) in [4.78, 5) is 15.9. The summed E-state index contributed by atoms with van der Waals surface area (Å²) in [6.45, 7) is 1.74. The lowest BCUT2D eigenvalue weighted by atomic mass is 10.3. The maximum absolute atomic E-state index is 12.9. The lowest BCUT2D eigenvalue weighted by molar-refractivity contribution is -0.121. The number of nitrogens with zero attached hydrogens (tertiary/aromatic N) is 1. The lowest BCUT2D eigenvalue weighted by Gasteiger charge is -2.12. The Hall–Kier alpha value is -1.80. The quantitative estimate of drug-likeness (QED) is 0.816. The van der Waals surface area contributed by atoms with Crippen molar-refractivity contribution in [2.24, 2.45) is 0 Å². The third kappa shape index (κ3) is 4.11. The van der Waals surface area contributed by atoms with Gasteiger partial charge in [-0.25, -0.2) is 17.8 Å². The molecule has 0 fully saturated rings. The zero-order chi connectivity index (χ0) is 16.2. The molecule has 0 spiro atoms. The number of rotatable bonds is 6. The molecule has 0 aliphatic heterocycles. The molecule has 1 aromatic carbocycles. The summed E-state index contributed by atoms with van der Waals surface area (Å²) in [5, 5.41) is 4.29. The molecule has 1 heterocycles. The first-order chi connectivity index (χ1) is 10.4. The first-order valence-electron chi connectivity index (χ1n) is 6.54. The average Bonchev–Trinajstić information content (AvgIpc) is 2.99. The highest BCUT2D eigenvalue weighted by Crippen LogP contribution is 2.18. The van der Waals surface area contributed by atoms with Crippen molar-refractivity contribution in [1.82, 2.24) is 10.3 Å². The largest absolute Gasteiger partial charge is 0.350 e. The van der Waals surface area contributed by atoms with Crippen LogP contribution in [0.3, 0.4) is 0 Å². The van der Waals surface area contributed by atoms with Crippen LogP contribution in [0, 0.1) is 5.82 Å². The minimum atomic E-state index is -3.66. The van der Waals surface area contributed by atoms with Crippen molar-refractivity contribution in [1.29, 1.82) is 0 Å². The molecule has 1 amide bonds. The summed E-state index contributed by atoms with van der Waals surface area (Å²) in [6, 6.07) is 4.58. The van der Waals surface area contributed by atoms with Crippen LogP contribution in [0.15, 0.2) is 40.7 Å². The summed E-state index contributed by atoms with van der Waals surface area (Å²) < 4.78 is 37.5. The number of hydrogen-bond donors (Lipinski definition) is 1. The number of sulfone groups is 1. The van der Waals surface area contributed by atoms with Crippen molar-refractivity contribution >= 4 is 27.1 Å². The van der Waals surface area contributed by atoms with E-state index in [9.17, 15) is 17.6 Å². The lowest BCUT2D eigenvalue weighted by Crippen LogP contribution is -2.29. The third-order valence-corrected chi connectivity index (χ3v) is 6.00. The van der Waals surface area contributed by atoms with Crippen LogP contribution in [-0.2, 0) is 21.2 Å². The van der Waals surface area contributed by atoms with Gasteiger partial charge < -0.3 is 5.32 Å². The molecule has 0 aliphatic carbocycles. The van der Waals surface area contributed by atoms with Crippen molar-refractivity contribution in [3.8, 4) is 0 Å². The summed E-state index contributed by atoms with van der Waals surface area (Å²) in [5.74, 6) is -0.874. The van der Waals surface area contributed by atoms with Gasteiger partial charge in [0.05, 0.1) is 16.7 Å². The molecule has 1 aromatic heterocycles. The van der Waals surface area contributed by atoms with Gasteiger partial charge in [-0.05, 0) is 31.2 Å². The van der Waals surface area contributed by atoms with E-state index in [0.29, 0.717) is 0 Å². The van der Waals surface area contributed by atoms with E-state index < -0.39 is 20.9 Å².